The van der Waals surface area contributed by atoms with Crippen molar-refractivity contribution in [2.75, 3.05) is 7.11 Å². The van der Waals surface area contributed by atoms with Crippen LogP contribution in [0.3, 0.4) is 0 Å². The topological polar surface area (TPSA) is 51.5 Å². The van der Waals surface area contributed by atoms with Crippen LogP contribution < -0.4 is 0 Å². The van der Waals surface area contributed by atoms with Crippen molar-refractivity contribution in [3.8, 4) is 11.3 Å². The molecule has 0 amide bonds. The predicted octanol–water partition coefficient (Wildman–Crippen LogP) is 5.58. The summed E-state index contributed by atoms with van der Waals surface area (Å²) >= 11 is 13.2. The van der Waals surface area contributed by atoms with Crippen LogP contribution in [0.1, 0.15) is 10.4 Å². The van der Waals surface area contributed by atoms with Crippen molar-refractivity contribution in [3.05, 3.63) is 69.0 Å². The van der Waals surface area contributed by atoms with Crippen molar-refractivity contribution in [2.24, 2.45) is 4.99 Å². The Morgan fingerprint density at radius 2 is 1.73 bits per heavy atom. The lowest BCUT2D eigenvalue weighted by Gasteiger charge is -2.01. The minimum absolute atomic E-state index is 0.141. The van der Waals surface area contributed by atoms with Crippen LogP contribution in [0.15, 0.2) is 53.5 Å². The quantitative estimate of drug-likeness (QED) is 0.411. The Kier molecular flexibility index (Phi) is 6.04. The second kappa shape index (κ2) is 8.45. The molecule has 0 atom stereocenters. The van der Waals surface area contributed by atoms with Gasteiger partial charge in [-0.2, -0.15) is 0 Å². The molecule has 0 fully saturated rings. The third kappa shape index (κ3) is 4.69. The lowest BCUT2D eigenvalue weighted by atomic mass is 10.1. The number of halogens is 2. The third-order valence-electron chi connectivity index (χ3n) is 3.53. The van der Waals surface area contributed by atoms with Crippen molar-refractivity contribution in [1.82, 2.24) is 4.98 Å². The van der Waals surface area contributed by atoms with Gasteiger partial charge in [-0.3, -0.25) is 4.79 Å². The highest BCUT2D eigenvalue weighted by Gasteiger charge is 2.16. The summed E-state index contributed by atoms with van der Waals surface area (Å²) in [5, 5.41) is 1.87. The van der Waals surface area contributed by atoms with Crippen LogP contribution in [0.25, 0.3) is 11.3 Å². The standard InChI is InChI=1S/C19H14Cl2N2O2S/c1-25-17(24)10-16-18(13-4-8-15(21)9-5-13)23-19(26-16)22-11-12-2-6-14(20)7-3-12/h2-9,11H,10H2,1H3/b22-11+. The molecule has 0 unspecified atom stereocenters. The molecule has 0 spiro atoms. The molecule has 26 heavy (non-hydrogen) atoms. The average molecular weight is 405 g/mol. The number of hydrogen-bond donors (Lipinski definition) is 0. The molecule has 1 aromatic heterocycles. The number of methoxy groups -OCH3 is 1. The van der Waals surface area contributed by atoms with Crippen molar-refractivity contribution in [2.45, 2.75) is 6.42 Å². The molecule has 2 aromatic carbocycles. The fraction of sp³-hybridized carbons (Fsp3) is 0.105. The zero-order valence-corrected chi connectivity index (χ0v) is 16.1. The first-order valence-corrected chi connectivity index (χ1v) is 9.24. The van der Waals surface area contributed by atoms with Crippen LogP contribution in [0.4, 0.5) is 5.13 Å². The van der Waals surface area contributed by atoms with Crippen molar-refractivity contribution < 1.29 is 9.53 Å². The van der Waals surface area contributed by atoms with Crippen LogP contribution in [0, 0.1) is 0 Å². The van der Waals surface area contributed by atoms with Gasteiger partial charge >= 0.3 is 5.97 Å². The van der Waals surface area contributed by atoms with Crippen LogP contribution in [0.5, 0.6) is 0 Å². The van der Waals surface area contributed by atoms with E-state index in [1.807, 2.05) is 24.3 Å². The van der Waals surface area contributed by atoms with Crippen LogP contribution >= 0.6 is 34.5 Å². The summed E-state index contributed by atoms with van der Waals surface area (Å²) in [6.07, 6.45) is 1.85. The molecule has 0 saturated carbocycles. The predicted molar refractivity (Wildman–Crippen MR) is 107 cm³/mol. The first kappa shape index (κ1) is 18.6. The van der Waals surface area contributed by atoms with Gasteiger partial charge in [-0.05, 0) is 29.8 Å². The van der Waals surface area contributed by atoms with Gasteiger partial charge in [0.2, 0.25) is 5.13 Å². The van der Waals surface area contributed by atoms with E-state index in [0.29, 0.717) is 20.9 Å². The van der Waals surface area contributed by atoms with Gasteiger partial charge < -0.3 is 4.74 Å². The molecule has 0 radical (unpaired) electrons. The molecular formula is C19H14Cl2N2O2S. The molecule has 3 aromatic rings. The number of thiazole rings is 1. The number of nitrogens with zero attached hydrogens (tertiary/aromatic N) is 2. The number of aromatic nitrogens is 1. The first-order chi connectivity index (χ1) is 12.5. The number of aliphatic imine (C=N–C) groups is 1. The molecule has 0 N–H and O–H groups in total. The van der Waals surface area contributed by atoms with E-state index >= 15 is 0 Å². The number of hydrogen-bond acceptors (Lipinski definition) is 5. The van der Waals surface area contributed by atoms with Crippen molar-refractivity contribution in [1.29, 1.82) is 0 Å². The molecule has 0 aliphatic heterocycles. The molecule has 3 rings (SSSR count). The summed E-state index contributed by atoms with van der Waals surface area (Å²) in [4.78, 5) is 21.5. The monoisotopic (exact) mass is 404 g/mol. The minimum Gasteiger partial charge on any atom is -0.469 e. The normalized spacial score (nSPS) is 11.0. The Morgan fingerprint density at radius 1 is 1.12 bits per heavy atom. The number of carbonyl (C=O) groups is 1. The molecule has 132 valence electrons. The lowest BCUT2D eigenvalue weighted by molar-refractivity contribution is -0.139. The number of benzene rings is 2. The summed E-state index contributed by atoms with van der Waals surface area (Å²) in [5.74, 6) is -0.322. The molecule has 0 aliphatic carbocycles. The van der Waals surface area contributed by atoms with Gasteiger partial charge in [0.25, 0.3) is 0 Å². The summed E-state index contributed by atoms with van der Waals surface area (Å²) in [6.45, 7) is 0. The first-order valence-electron chi connectivity index (χ1n) is 7.67. The Balaban J connectivity index is 1.93. The van der Waals surface area contributed by atoms with Gasteiger partial charge in [0.05, 0.1) is 19.2 Å². The maximum atomic E-state index is 11.7. The van der Waals surface area contributed by atoms with Crippen molar-refractivity contribution >= 4 is 51.9 Å². The molecule has 4 nitrogen and oxygen atoms in total. The van der Waals surface area contributed by atoms with E-state index in [0.717, 1.165) is 16.0 Å². The van der Waals surface area contributed by atoms with Gasteiger partial charge in [0.15, 0.2) is 0 Å². The number of rotatable bonds is 5. The fourth-order valence-corrected chi connectivity index (χ4v) is 3.39. The zero-order valence-electron chi connectivity index (χ0n) is 13.8. The summed E-state index contributed by atoms with van der Waals surface area (Å²) in [7, 11) is 1.37. The molecule has 0 saturated heterocycles. The Hall–Kier alpha value is -2.21. The van der Waals surface area contributed by atoms with Crippen molar-refractivity contribution in [3.63, 3.8) is 0 Å². The summed E-state index contributed by atoms with van der Waals surface area (Å²) in [6, 6.07) is 14.6. The van der Waals surface area contributed by atoms with E-state index in [2.05, 4.69) is 9.98 Å². The summed E-state index contributed by atoms with van der Waals surface area (Å²) in [5.41, 5.74) is 2.49. The van der Waals surface area contributed by atoms with Gasteiger partial charge in [0.1, 0.15) is 0 Å². The number of ether oxygens (including phenoxy) is 1. The van der Waals surface area contributed by atoms with E-state index in [4.69, 9.17) is 27.9 Å². The highest BCUT2D eigenvalue weighted by Crippen LogP contribution is 2.33. The summed E-state index contributed by atoms with van der Waals surface area (Å²) < 4.78 is 4.78. The molecule has 7 heteroatoms. The number of carbonyl (C=O) groups excluding carboxylic acids is 1. The fourth-order valence-electron chi connectivity index (χ4n) is 2.23. The largest absolute Gasteiger partial charge is 0.469 e. The lowest BCUT2D eigenvalue weighted by Crippen LogP contribution is -2.03. The van der Waals surface area contributed by atoms with Gasteiger partial charge in [-0.15, -0.1) is 0 Å². The molecule has 1 heterocycles. The van der Waals surface area contributed by atoms with E-state index in [1.54, 1.807) is 30.5 Å². The smallest absolute Gasteiger partial charge is 0.310 e. The number of esters is 1. The minimum atomic E-state index is -0.322. The van der Waals surface area contributed by atoms with Gasteiger partial charge in [-0.1, -0.05) is 58.8 Å². The van der Waals surface area contributed by atoms with E-state index in [-0.39, 0.29) is 12.4 Å². The highest BCUT2D eigenvalue weighted by atomic mass is 35.5. The Morgan fingerprint density at radius 3 is 2.35 bits per heavy atom. The van der Waals surface area contributed by atoms with Crippen LogP contribution in [-0.2, 0) is 16.0 Å². The average Bonchev–Trinajstić information content (AvgIpc) is 3.04. The van der Waals surface area contributed by atoms with Crippen LogP contribution in [-0.4, -0.2) is 24.3 Å². The van der Waals surface area contributed by atoms with Gasteiger partial charge in [0, 0.05) is 26.7 Å². The maximum absolute atomic E-state index is 11.7. The Labute approximate surface area is 165 Å². The Bertz CT molecular complexity index is 935. The second-order valence-corrected chi connectivity index (χ2v) is 7.27. The van der Waals surface area contributed by atoms with E-state index < -0.39 is 0 Å². The zero-order chi connectivity index (χ0) is 18.5. The third-order valence-corrected chi connectivity index (χ3v) is 5.00. The van der Waals surface area contributed by atoms with Crippen LogP contribution in [0.2, 0.25) is 10.0 Å². The molecular weight excluding hydrogens is 391 g/mol. The van der Waals surface area contributed by atoms with E-state index in [9.17, 15) is 4.79 Å². The van der Waals surface area contributed by atoms with Gasteiger partial charge in [-0.25, -0.2) is 9.98 Å². The highest BCUT2D eigenvalue weighted by molar-refractivity contribution is 7.15. The van der Waals surface area contributed by atoms with E-state index in [1.165, 1.54) is 18.4 Å². The SMILES string of the molecule is COC(=O)Cc1sc(/N=C/c2ccc(Cl)cc2)nc1-c1ccc(Cl)cc1. The maximum Gasteiger partial charge on any atom is 0.310 e. The molecule has 0 bridgehead atoms. The second-order valence-electron chi connectivity index (χ2n) is 5.34. The molecule has 0 aliphatic rings.